The van der Waals surface area contributed by atoms with Crippen LogP contribution in [0.2, 0.25) is 0 Å². The average Bonchev–Trinajstić information content (AvgIpc) is 3.03. The Bertz CT molecular complexity index is 742. The Labute approximate surface area is 135 Å². The minimum Gasteiger partial charge on any atom is -0.374 e. The Morgan fingerprint density at radius 3 is 2.64 bits per heavy atom. The molecule has 22 heavy (non-hydrogen) atoms. The molecule has 0 unspecified atom stereocenters. The molecule has 1 aliphatic rings. The SMILES string of the molecule is Nc1nnc(CCN2C(=O)SC(=Cc3ccccc3)C2=O)s1. The molecule has 1 aromatic heterocycles. The van der Waals surface area contributed by atoms with Gasteiger partial charge in [-0.25, -0.2) is 0 Å². The molecule has 0 atom stereocenters. The standard InChI is InChI=1S/C14H12N4O2S2/c15-13-17-16-11(22-13)6-7-18-12(19)10(21-14(18)20)8-9-4-2-1-3-5-9/h1-5,8H,6-7H2,(H2,15,17). The maximum absolute atomic E-state index is 12.3. The zero-order valence-corrected chi connectivity index (χ0v) is 13.1. The summed E-state index contributed by atoms with van der Waals surface area (Å²) >= 11 is 2.22. The number of hydrogen-bond donors (Lipinski definition) is 1. The number of amides is 2. The molecular formula is C14H12N4O2S2. The van der Waals surface area contributed by atoms with Gasteiger partial charge in [0.25, 0.3) is 11.1 Å². The van der Waals surface area contributed by atoms with Crippen LogP contribution in [0.25, 0.3) is 6.08 Å². The third kappa shape index (κ3) is 3.18. The summed E-state index contributed by atoms with van der Waals surface area (Å²) in [6.07, 6.45) is 2.19. The van der Waals surface area contributed by atoms with E-state index < -0.39 is 0 Å². The Hall–Kier alpha value is -2.19. The highest BCUT2D eigenvalue weighted by Crippen LogP contribution is 2.32. The van der Waals surface area contributed by atoms with E-state index in [1.165, 1.54) is 16.2 Å². The van der Waals surface area contributed by atoms with Crippen molar-refractivity contribution in [1.29, 1.82) is 0 Å². The second-order valence-corrected chi connectivity index (χ2v) is 6.61. The third-order valence-electron chi connectivity index (χ3n) is 3.00. The number of aromatic nitrogens is 2. The monoisotopic (exact) mass is 332 g/mol. The molecule has 0 radical (unpaired) electrons. The number of hydrogen-bond acceptors (Lipinski definition) is 7. The first-order valence-electron chi connectivity index (χ1n) is 6.52. The summed E-state index contributed by atoms with van der Waals surface area (Å²) in [7, 11) is 0. The molecule has 8 heteroatoms. The maximum atomic E-state index is 12.3. The van der Waals surface area contributed by atoms with E-state index in [0.717, 1.165) is 17.3 Å². The van der Waals surface area contributed by atoms with Crippen molar-refractivity contribution in [2.45, 2.75) is 6.42 Å². The molecule has 2 aromatic rings. The minimum atomic E-state index is -0.267. The molecule has 1 saturated heterocycles. The van der Waals surface area contributed by atoms with Gasteiger partial charge in [0.05, 0.1) is 4.91 Å². The lowest BCUT2D eigenvalue weighted by atomic mass is 10.2. The van der Waals surface area contributed by atoms with Gasteiger partial charge in [0.15, 0.2) is 0 Å². The molecule has 1 fully saturated rings. The Kier molecular flexibility index (Phi) is 4.21. The van der Waals surface area contributed by atoms with E-state index in [1.807, 2.05) is 30.3 Å². The van der Waals surface area contributed by atoms with E-state index in [-0.39, 0.29) is 17.7 Å². The summed E-state index contributed by atoms with van der Waals surface area (Å²) in [5.74, 6) is -0.267. The topological polar surface area (TPSA) is 89.2 Å². The number of thioether (sulfide) groups is 1. The Morgan fingerprint density at radius 2 is 1.95 bits per heavy atom. The number of nitrogen functional groups attached to an aromatic ring is 1. The van der Waals surface area contributed by atoms with Crippen LogP contribution in [0.3, 0.4) is 0 Å². The van der Waals surface area contributed by atoms with Crippen LogP contribution in [-0.4, -0.2) is 32.8 Å². The molecule has 2 N–H and O–H groups in total. The number of benzene rings is 1. The molecule has 0 bridgehead atoms. The predicted octanol–water partition coefficient (Wildman–Crippen LogP) is 2.40. The van der Waals surface area contributed by atoms with Gasteiger partial charge in [-0.1, -0.05) is 41.7 Å². The molecule has 6 nitrogen and oxygen atoms in total. The van der Waals surface area contributed by atoms with Crippen molar-refractivity contribution < 1.29 is 9.59 Å². The molecule has 0 spiro atoms. The lowest BCUT2D eigenvalue weighted by molar-refractivity contribution is -0.122. The van der Waals surface area contributed by atoms with Gasteiger partial charge in [-0.3, -0.25) is 14.5 Å². The summed E-state index contributed by atoms with van der Waals surface area (Å²) in [6.45, 7) is 0.283. The minimum absolute atomic E-state index is 0.260. The Morgan fingerprint density at radius 1 is 1.18 bits per heavy atom. The van der Waals surface area contributed by atoms with Crippen molar-refractivity contribution in [3.8, 4) is 0 Å². The number of imide groups is 1. The van der Waals surface area contributed by atoms with Crippen LogP contribution in [0.4, 0.5) is 9.93 Å². The summed E-state index contributed by atoms with van der Waals surface area (Å²) in [5.41, 5.74) is 6.40. The first kappa shape index (κ1) is 14.7. The largest absolute Gasteiger partial charge is 0.374 e. The average molecular weight is 332 g/mol. The number of rotatable bonds is 4. The van der Waals surface area contributed by atoms with Crippen LogP contribution < -0.4 is 5.73 Å². The van der Waals surface area contributed by atoms with Gasteiger partial charge in [0.1, 0.15) is 5.01 Å². The van der Waals surface area contributed by atoms with Gasteiger partial charge < -0.3 is 5.73 Å². The zero-order valence-electron chi connectivity index (χ0n) is 11.4. The normalized spacial score (nSPS) is 16.7. The fraction of sp³-hybridized carbons (Fsp3) is 0.143. The number of carbonyl (C=O) groups is 2. The van der Waals surface area contributed by atoms with Crippen molar-refractivity contribution in [2.75, 3.05) is 12.3 Å². The van der Waals surface area contributed by atoms with E-state index in [1.54, 1.807) is 6.08 Å². The lowest BCUT2D eigenvalue weighted by Gasteiger charge is -2.10. The molecule has 2 amide bonds. The first-order valence-corrected chi connectivity index (χ1v) is 8.15. The van der Waals surface area contributed by atoms with Crippen LogP contribution >= 0.6 is 23.1 Å². The van der Waals surface area contributed by atoms with Gasteiger partial charge in [-0.05, 0) is 23.4 Å². The second kappa shape index (κ2) is 6.29. The molecule has 112 valence electrons. The molecule has 2 heterocycles. The summed E-state index contributed by atoms with van der Waals surface area (Å²) < 4.78 is 0. The number of anilines is 1. The van der Waals surface area contributed by atoms with E-state index in [9.17, 15) is 9.59 Å². The Balaban J connectivity index is 1.70. The van der Waals surface area contributed by atoms with E-state index >= 15 is 0 Å². The highest BCUT2D eigenvalue weighted by atomic mass is 32.2. The highest BCUT2D eigenvalue weighted by Gasteiger charge is 2.34. The fourth-order valence-electron chi connectivity index (χ4n) is 1.97. The molecule has 1 aliphatic heterocycles. The van der Waals surface area contributed by atoms with Crippen LogP contribution in [0.15, 0.2) is 35.2 Å². The summed E-state index contributed by atoms with van der Waals surface area (Å²) in [6, 6.07) is 9.44. The van der Waals surface area contributed by atoms with Crippen molar-refractivity contribution in [3.63, 3.8) is 0 Å². The number of carbonyl (C=O) groups excluding carboxylic acids is 2. The van der Waals surface area contributed by atoms with Crippen LogP contribution in [0.1, 0.15) is 10.6 Å². The van der Waals surface area contributed by atoms with Crippen molar-refractivity contribution >= 4 is 45.5 Å². The summed E-state index contributed by atoms with van der Waals surface area (Å²) in [4.78, 5) is 26.0. The van der Waals surface area contributed by atoms with Crippen molar-refractivity contribution in [1.82, 2.24) is 15.1 Å². The van der Waals surface area contributed by atoms with Crippen LogP contribution in [0.5, 0.6) is 0 Å². The lowest BCUT2D eigenvalue weighted by Crippen LogP contribution is -2.30. The van der Waals surface area contributed by atoms with E-state index in [0.29, 0.717) is 21.5 Å². The predicted molar refractivity (Wildman–Crippen MR) is 87.1 cm³/mol. The van der Waals surface area contributed by atoms with Crippen LogP contribution in [-0.2, 0) is 11.2 Å². The maximum Gasteiger partial charge on any atom is 0.293 e. The summed E-state index contributed by atoms with van der Waals surface area (Å²) in [5, 5.41) is 8.43. The fourth-order valence-corrected chi connectivity index (χ4v) is 3.43. The van der Waals surface area contributed by atoms with Crippen molar-refractivity contribution in [3.05, 3.63) is 45.8 Å². The number of nitrogens with zero attached hydrogens (tertiary/aromatic N) is 3. The van der Waals surface area contributed by atoms with Gasteiger partial charge in [0, 0.05) is 13.0 Å². The van der Waals surface area contributed by atoms with E-state index in [4.69, 9.17) is 5.73 Å². The quantitative estimate of drug-likeness (QED) is 0.865. The molecule has 0 saturated carbocycles. The van der Waals surface area contributed by atoms with Gasteiger partial charge in [-0.15, -0.1) is 10.2 Å². The first-order chi connectivity index (χ1) is 10.6. The zero-order chi connectivity index (χ0) is 15.5. The molecule has 0 aliphatic carbocycles. The number of nitrogens with two attached hydrogens (primary N) is 1. The molecular weight excluding hydrogens is 320 g/mol. The molecule has 1 aromatic carbocycles. The smallest absolute Gasteiger partial charge is 0.293 e. The van der Waals surface area contributed by atoms with Gasteiger partial charge >= 0.3 is 0 Å². The highest BCUT2D eigenvalue weighted by molar-refractivity contribution is 8.18. The molecule has 3 rings (SSSR count). The van der Waals surface area contributed by atoms with Gasteiger partial charge in [-0.2, -0.15) is 0 Å². The van der Waals surface area contributed by atoms with Gasteiger partial charge in [0.2, 0.25) is 5.13 Å². The third-order valence-corrected chi connectivity index (χ3v) is 4.72. The second-order valence-electron chi connectivity index (χ2n) is 4.53. The van der Waals surface area contributed by atoms with E-state index in [2.05, 4.69) is 10.2 Å². The van der Waals surface area contributed by atoms with Crippen LogP contribution in [0, 0.1) is 0 Å². The van der Waals surface area contributed by atoms with Crippen molar-refractivity contribution in [2.24, 2.45) is 0 Å².